The Labute approximate surface area is 122 Å². The molecule has 0 bridgehead atoms. The van der Waals surface area contributed by atoms with Crippen molar-refractivity contribution in [3.63, 3.8) is 0 Å². The van der Waals surface area contributed by atoms with E-state index in [-0.39, 0.29) is 17.7 Å². The molecule has 4 nitrogen and oxygen atoms in total. The molecule has 2 unspecified atom stereocenters. The molecule has 1 saturated heterocycles. The number of hydrogen-bond donors (Lipinski definition) is 1. The lowest BCUT2D eigenvalue weighted by atomic mass is 10.0. The Hall–Kier alpha value is -0.430. The summed E-state index contributed by atoms with van der Waals surface area (Å²) in [5, 5.41) is 3.11. The maximum absolute atomic E-state index is 12.4. The van der Waals surface area contributed by atoms with E-state index in [2.05, 4.69) is 21.2 Å². The highest BCUT2D eigenvalue weighted by molar-refractivity contribution is 9.10. The van der Waals surface area contributed by atoms with Gasteiger partial charge in [-0.25, -0.2) is 8.42 Å². The van der Waals surface area contributed by atoms with E-state index in [1.807, 2.05) is 6.07 Å². The first-order valence-electron chi connectivity index (χ1n) is 6.26. The van der Waals surface area contributed by atoms with Crippen LogP contribution in [0.3, 0.4) is 0 Å². The molecule has 6 heteroatoms. The van der Waals surface area contributed by atoms with Gasteiger partial charge in [0.2, 0.25) is 0 Å². The van der Waals surface area contributed by atoms with E-state index < -0.39 is 9.84 Å². The Morgan fingerprint density at radius 1 is 1.53 bits per heavy atom. The van der Waals surface area contributed by atoms with E-state index in [1.165, 1.54) is 0 Å². The Morgan fingerprint density at radius 3 is 2.89 bits per heavy atom. The Balaban J connectivity index is 2.15. The summed E-state index contributed by atoms with van der Waals surface area (Å²) >= 11 is 3.30. The summed E-state index contributed by atoms with van der Waals surface area (Å²) in [4.78, 5) is 0.362. The summed E-state index contributed by atoms with van der Waals surface area (Å²) in [6.45, 7) is 1.36. The molecule has 19 heavy (non-hydrogen) atoms. The van der Waals surface area contributed by atoms with Crippen molar-refractivity contribution in [1.29, 1.82) is 0 Å². The fraction of sp³-hybridized carbons (Fsp3) is 0.538. The molecule has 2 rings (SSSR count). The predicted molar refractivity (Wildman–Crippen MR) is 78.0 cm³/mol. The van der Waals surface area contributed by atoms with Crippen LogP contribution in [0, 0.1) is 5.92 Å². The Morgan fingerprint density at radius 2 is 2.32 bits per heavy atom. The first-order valence-corrected chi connectivity index (χ1v) is 8.71. The highest BCUT2D eigenvalue weighted by Crippen LogP contribution is 2.22. The number of halogens is 1. The average molecular weight is 348 g/mol. The predicted octanol–water partition coefficient (Wildman–Crippen LogP) is 1.85. The standard InChI is InChI=1S/C13H18BrNO3S/c1-15-13(10-5-6-18-8-10)9-19(16,17)12-4-2-3-11(14)7-12/h2-4,7,10,13,15H,5-6,8-9H2,1H3. The molecule has 2 atom stereocenters. The fourth-order valence-electron chi connectivity index (χ4n) is 2.32. The van der Waals surface area contributed by atoms with Crippen molar-refractivity contribution in [1.82, 2.24) is 5.32 Å². The summed E-state index contributed by atoms with van der Waals surface area (Å²) in [5.41, 5.74) is 0. The molecular weight excluding hydrogens is 330 g/mol. The summed E-state index contributed by atoms with van der Waals surface area (Å²) in [5.74, 6) is 0.375. The lowest BCUT2D eigenvalue weighted by Gasteiger charge is -2.21. The van der Waals surface area contributed by atoms with E-state index >= 15 is 0 Å². The molecule has 1 N–H and O–H groups in total. The van der Waals surface area contributed by atoms with Gasteiger partial charge >= 0.3 is 0 Å². The van der Waals surface area contributed by atoms with Crippen LogP contribution >= 0.6 is 15.9 Å². The molecule has 1 aromatic rings. The zero-order valence-corrected chi connectivity index (χ0v) is 13.2. The summed E-state index contributed by atoms with van der Waals surface area (Å²) in [6, 6.07) is 6.78. The van der Waals surface area contributed by atoms with Gasteiger partial charge in [-0.15, -0.1) is 0 Å². The zero-order chi connectivity index (χ0) is 13.9. The van der Waals surface area contributed by atoms with Crippen molar-refractivity contribution < 1.29 is 13.2 Å². The van der Waals surface area contributed by atoms with Crippen LogP contribution in [0.5, 0.6) is 0 Å². The number of hydrogen-bond acceptors (Lipinski definition) is 4. The second-order valence-electron chi connectivity index (χ2n) is 4.76. The van der Waals surface area contributed by atoms with Crippen molar-refractivity contribution in [3.8, 4) is 0 Å². The minimum absolute atomic E-state index is 0.0634. The monoisotopic (exact) mass is 347 g/mol. The third-order valence-electron chi connectivity index (χ3n) is 3.46. The molecule has 0 aliphatic carbocycles. The number of nitrogens with one attached hydrogen (secondary N) is 1. The van der Waals surface area contributed by atoms with Crippen LogP contribution < -0.4 is 5.32 Å². The SMILES string of the molecule is CNC(CS(=O)(=O)c1cccc(Br)c1)C1CCOC1. The molecule has 106 valence electrons. The van der Waals surface area contributed by atoms with Gasteiger partial charge in [-0.1, -0.05) is 22.0 Å². The van der Waals surface area contributed by atoms with Gasteiger partial charge in [0.1, 0.15) is 0 Å². The number of rotatable bonds is 5. The lowest BCUT2D eigenvalue weighted by Crippen LogP contribution is -2.40. The normalized spacial score (nSPS) is 21.5. The van der Waals surface area contributed by atoms with Crippen LogP contribution in [0.25, 0.3) is 0 Å². The van der Waals surface area contributed by atoms with Crippen LogP contribution in [0.15, 0.2) is 33.6 Å². The first-order chi connectivity index (χ1) is 9.03. The van der Waals surface area contributed by atoms with Crippen molar-refractivity contribution in [3.05, 3.63) is 28.7 Å². The van der Waals surface area contributed by atoms with Crippen molar-refractivity contribution in [2.24, 2.45) is 5.92 Å². The van der Waals surface area contributed by atoms with Crippen LogP contribution in [-0.4, -0.2) is 40.5 Å². The third-order valence-corrected chi connectivity index (χ3v) is 5.72. The molecule has 0 saturated carbocycles. The maximum Gasteiger partial charge on any atom is 0.179 e. The molecule has 0 aromatic heterocycles. The number of ether oxygens (including phenoxy) is 1. The first kappa shape index (κ1) is 15.0. The van der Waals surface area contributed by atoms with E-state index in [1.54, 1.807) is 25.2 Å². The van der Waals surface area contributed by atoms with E-state index in [9.17, 15) is 8.42 Å². The van der Waals surface area contributed by atoms with Gasteiger partial charge in [0.15, 0.2) is 9.84 Å². The van der Waals surface area contributed by atoms with Gasteiger partial charge in [0.25, 0.3) is 0 Å². The smallest absolute Gasteiger partial charge is 0.179 e. The quantitative estimate of drug-likeness (QED) is 0.882. The van der Waals surface area contributed by atoms with Crippen molar-refractivity contribution in [2.45, 2.75) is 17.4 Å². The second kappa shape index (κ2) is 6.35. The van der Waals surface area contributed by atoms with Gasteiger partial charge in [0, 0.05) is 23.0 Å². The zero-order valence-electron chi connectivity index (χ0n) is 10.8. The fourth-order valence-corrected chi connectivity index (χ4v) is 4.57. The Kier molecular flexibility index (Phi) is 5.00. The maximum atomic E-state index is 12.4. The number of sulfone groups is 1. The summed E-state index contributed by atoms with van der Waals surface area (Å²) in [6.07, 6.45) is 0.916. The van der Waals surface area contributed by atoms with Crippen LogP contribution in [0.2, 0.25) is 0 Å². The van der Waals surface area contributed by atoms with Gasteiger partial charge in [-0.2, -0.15) is 0 Å². The van der Waals surface area contributed by atoms with Gasteiger partial charge < -0.3 is 10.1 Å². The molecule has 0 amide bonds. The molecule has 1 aromatic carbocycles. The molecule has 1 heterocycles. The van der Waals surface area contributed by atoms with Gasteiger partial charge in [-0.05, 0) is 31.7 Å². The third kappa shape index (κ3) is 3.78. The van der Waals surface area contributed by atoms with Gasteiger partial charge in [-0.3, -0.25) is 0 Å². The minimum atomic E-state index is -3.28. The van der Waals surface area contributed by atoms with E-state index in [4.69, 9.17) is 4.74 Å². The molecule has 1 aliphatic rings. The second-order valence-corrected chi connectivity index (χ2v) is 7.71. The molecule has 1 aliphatic heterocycles. The topological polar surface area (TPSA) is 55.4 Å². The highest BCUT2D eigenvalue weighted by Gasteiger charge is 2.29. The average Bonchev–Trinajstić information content (AvgIpc) is 2.90. The van der Waals surface area contributed by atoms with Crippen LogP contribution in [0.1, 0.15) is 6.42 Å². The van der Waals surface area contributed by atoms with Crippen molar-refractivity contribution >= 4 is 25.8 Å². The molecular formula is C13H18BrNO3S. The molecule has 1 fully saturated rings. The summed E-state index contributed by atoms with van der Waals surface area (Å²) in [7, 11) is -1.47. The van der Waals surface area contributed by atoms with Crippen molar-refractivity contribution in [2.75, 3.05) is 26.0 Å². The Bertz CT molecular complexity index is 526. The molecule has 0 spiro atoms. The van der Waals surface area contributed by atoms with Crippen LogP contribution in [0.4, 0.5) is 0 Å². The largest absolute Gasteiger partial charge is 0.381 e. The number of benzene rings is 1. The lowest BCUT2D eigenvalue weighted by molar-refractivity contribution is 0.179. The van der Waals surface area contributed by atoms with Gasteiger partial charge in [0.05, 0.1) is 17.3 Å². The van der Waals surface area contributed by atoms with Crippen LogP contribution in [-0.2, 0) is 14.6 Å². The molecule has 0 radical (unpaired) electrons. The van der Waals surface area contributed by atoms with E-state index in [0.717, 1.165) is 17.5 Å². The summed E-state index contributed by atoms with van der Waals surface area (Å²) < 4.78 is 30.9. The van der Waals surface area contributed by atoms with E-state index in [0.29, 0.717) is 11.5 Å². The highest BCUT2D eigenvalue weighted by atomic mass is 79.9. The minimum Gasteiger partial charge on any atom is -0.381 e.